The summed E-state index contributed by atoms with van der Waals surface area (Å²) in [6.07, 6.45) is 2.54. The topological polar surface area (TPSA) is 20.2 Å². The Labute approximate surface area is 63.8 Å². The van der Waals surface area contributed by atoms with Gasteiger partial charge in [-0.1, -0.05) is 26.8 Å². The van der Waals surface area contributed by atoms with Crippen LogP contribution in [-0.4, -0.2) is 11.2 Å². The van der Waals surface area contributed by atoms with E-state index in [4.69, 9.17) is 0 Å². The lowest BCUT2D eigenvalue weighted by atomic mass is 9.96. The van der Waals surface area contributed by atoms with E-state index in [9.17, 15) is 5.11 Å². The smallest absolute Gasteiger partial charge is 0.0568 e. The fourth-order valence-electron chi connectivity index (χ4n) is 0.749. The van der Waals surface area contributed by atoms with Crippen LogP contribution in [0, 0.1) is 11.8 Å². The first-order valence-corrected chi connectivity index (χ1v) is 3.88. The van der Waals surface area contributed by atoms with Crippen molar-refractivity contribution in [2.24, 2.45) is 11.8 Å². The molecule has 0 unspecified atom stereocenters. The number of hydrogen-bond acceptors (Lipinski definition) is 1. The average Bonchev–Trinajstić information content (AvgIpc) is 1.87. The largest absolute Gasteiger partial charge is 0.393 e. The summed E-state index contributed by atoms with van der Waals surface area (Å²) in [7, 11) is 0. The van der Waals surface area contributed by atoms with Gasteiger partial charge in [-0.15, -0.1) is 6.58 Å². The van der Waals surface area contributed by atoms with Crippen molar-refractivity contribution in [1.82, 2.24) is 0 Å². The van der Waals surface area contributed by atoms with Gasteiger partial charge in [0.2, 0.25) is 0 Å². The summed E-state index contributed by atoms with van der Waals surface area (Å²) >= 11 is 0. The summed E-state index contributed by atoms with van der Waals surface area (Å²) in [5, 5.41) is 9.38. The number of aliphatic hydroxyl groups is 1. The van der Waals surface area contributed by atoms with E-state index in [1.54, 1.807) is 0 Å². The molecule has 0 amide bonds. The Bertz CT molecular complexity index is 96.9. The van der Waals surface area contributed by atoms with Gasteiger partial charge >= 0.3 is 0 Å². The van der Waals surface area contributed by atoms with Crippen LogP contribution in [0.3, 0.4) is 0 Å². The predicted molar refractivity (Wildman–Crippen MR) is 44.8 cm³/mol. The summed E-state index contributed by atoms with van der Waals surface area (Å²) in [6, 6.07) is 0. The molecule has 10 heavy (non-hydrogen) atoms. The highest BCUT2D eigenvalue weighted by atomic mass is 16.3. The molecular weight excluding hydrogens is 124 g/mol. The van der Waals surface area contributed by atoms with E-state index in [-0.39, 0.29) is 6.10 Å². The fraction of sp³-hybridized carbons (Fsp3) is 0.778. The molecule has 0 aliphatic rings. The molecule has 0 aliphatic heterocycles. The normalized spacial score (nSPS) is 16.9. The summed E-state index contributed by atoms with van der Waals surface area (Å²) in [5.74, 6) is 0.791. The Morgan fingerprint density at radius 2 is 1.90 bits per heavy atom. The molecule has 0 spiro atoms. The van der Waals surface area contributed by atoms with Crippen LogP contribution in [0.5, 0.6) is 0 Å². The first kappa shape index (κ1) is 9.70. The summed E-state index contributed by atoms with van der Waals surface area (Å²) in [6.45, 7) is 9.79. The van der Waals surface area contributed by atoms with Crippen molar-refractivity contribution in [2.75, 3.05) is 0 Å². The molecule has 1 nitrogen and oxygen atoms in total. The van der Waals surface area contributed by atoms with E-state index in [1.165, 1.54) is 0 Å². The first-order valence-electron chi connectivity index (χ1n) is 3.88. The highest BCUT2D eigenvalue weighted by Gasteiger charge is 2.10. The van der Waals surface area contributed by atoms with E-state index in [1.807, 2.05) is 19.9 Å². The van der Waals surface area contributed by atoms with Gasteiger partial charge in [-0.05, 0) is 18.3 Å². The van der Waals surface area contributed by atoms with E-state index >= 15 is 0 Å². The van der Waals surface area contributed by atoms with Gasteiger partial charge in [-0.25, -0.2) is 0 Å². The Balaban J connectivity index is 3.56. The second-order valence-electron chi connectivity index (χ2n) is 3.26. The van der Waals surface area contributed by atoms with Crippen molar-refractivity contribution >= 4 is 0 Å². The average molecular weight is 142 g/mol. The quantitative estimate of drug-likeness (QED) is 0.597. The predicted octanol–water partition coefficient (Wildman–Crippen LogP) is 2.22. The van der Waals surface area contributed by atoms with Crippen molar-refractivity contribution in [2.45, 2.75) is 33.3 Å². The summed E-state index contributed by atoms with van der Waals surface area (Å²) in [5.41, 5.74) is 0. The highest BCUT2D eigenvalue weighted by molar-refractivity contribution is 4.78. The van der Waals surface area contributed by atoms with E-state index in [0.717, 1.165) is 6.42 Å². The van der Waals surface area contributed by atoms with Crippen molar-refractivity contribution < 1.29 is 5.11 Å². The molecule has 0 fully saturated rings. The molecular formula is C9H18O. The monoisotopic (exact) mass is 142 g/mol. The molecule has 2 atom stereocenters. The second-order valence-corrected chi connectivity index (χ2v) is 3.26. The van der Waals surface area contributed by atoms with Gasteiger partial charge in [0.1, 0.15) is 0 Å². The zero-order valence-electron chi connectivity index (χ0n) is 7.17. The Hall–Kier alpha value is -0.300. The van der Waals surface area contributed by atoms with E-state index in [2.05, 4.69) is 13.5 Å². The second kappa shape index (κ2) is 4.51. The third kappa shape index (κ3) is 3.67. The molecule has 0 rings (SSSR count). The van der Waals surface area contributed by atoms with Gasteiger partial charge in [-0.2, -0.15) is 0 Å². The molecule has 0 saturated carbocycles. The lowest BCUT2D eigenvalue weighted by Gasteiger charge is -2.16. The van der Waals surface area contributed by atoms with Crippen LogP contribution < -0.4 is 0 Å². The molecule has 0 heterocycles. The first-order chi connectivity index (χ1) is 4.57. The number of aliphatic hydroxyl groups excluding tert-OH is 1. The molecule has 0 saturated heterocycles. The summed E-state index contributed by atoms with van der Waals surface area (Å²) in [4.78, 5) is 0. The van der Waals surface area contributed by atoms with Crippen molar-refractivity contribution in [1.29, 1.82) is 0 Å². The van der Waals surface area contributed by atoms with Gasteiger partial charge in [-0.3, -0.25) is 0 Å². The van der Waals surface area contributed by atoms with Crippen LogP contribution in [0.15, 0.2) is 12.7 Å². The van der Waals surface area contributed by atoms with Crippen molar-refractivity contribution in [3.63, 3.8) is 0 Å². The molecule has 0 aromatic carbocycles. The Kier molecular flexibility index (Phi) is 4.37. The third-order valence-corrected chi connectivity index (χ3v) is 1.79. The van der Waals surface area contributed by atoms with E-state index < -0.39 is 0 Å². The number of hydrogen-bond donors (Lipinski definition) is 1. The maximum atomic E-state index is 9.38. The molecule has 0 aromatic heterocycles. The Morgan fingerprint density at radius 3 is 2.20 bits per heavy atom. The van der Waals surface area contributed by atoms with Crippen LogP contribution in [0.2, 0.25) is 0 Å². The molecule has 1 heteroatoms. The number of rotatable bonds is 4. The number of allylic oxidation sites excluding steroid dienone is 1. The van der Waals surface area contributed by atoms with Gasteiger partial charge in [0, 0.05) is 0 Å². The van der Waals surface area contributed by atoms with Crippen LogP contribution in [0.25, 0.3) is 0 Å². The molecule has 0 bridgehead atoms. The fourth-order valence-corrected chi connectivity index (χ4v) is 0.749. The lowest BCUT2D eigenvalue weighted by Crippen LogP contribution is -2.17. The van der Waals surface area contributed by atoms with Crippen molar-refractivity contribution in [3.8, 4) is 0 Å². The van der Waals surface area contributed by atoms with Crippen molar-refractivity contribution in [3.05, 3.63) is 12.7 Å². The molecule has 0 aliphatic carbocycles. The van der Waals surface area contributed by atoms with E-state index in [0.29, 0.717) is 11.8 Å². The van der Waals surface area contributed by atoms with Crippen LogP contribution in [0.1, 0.15) is 27.2 Å². The van der Waals surface area contributed by atoms with Crippen LogP contribution in [-0.2, 0) is 0 Å². The Morgan fingerprint density at radius 1 is 1.40 bits per heavy atom. The molecule has 60 valence electrons. The zero-order chi connectivity index (χ0) is 8.15. The van der Waals surface area contributed by atoms with Gasteiger partial charge in [0.15, 0.2) is 0 Å². The molecule has 0 radical (unpaired) electrons. The SMILES string of the molecule is C=C[C@H](C)C[C@@H](O)C(C)C. The third-order valence-electron chi connectivity index (χ3n) is 1.79. The van der Waals surface area contributed by atoms with Gasteiger partial charge in [0.05, 0.1) is 6.10 Å². The van der Waals surface area contributed by atoms with Crippen LogP contribution >= 0.6 is 0 Å². The zero-order valence-corrected chi connectivity index (χ0v) is 7.17. The standard InChI is InChI=1S/C9H18O/c1-5-8(4)6-9(10)7(2)3/h5,7-10H,1,6H2,2-4H3/t8-,9+/m0/s1. The van der Waals surface area contributed by atoms with Gasteiger partial charge < -0.3 is 5.11 Å². The minimum absolute atomic E-state index is 0.173. The maximum absolute atomic E-state index is 9.38. The highest BCUT2D eigenvalue weighted by Crippen LogP contribution is 2.12. The summed E-state index contributed by atoms with van der Waals surface area (Å²) < 4.78 is 0. The molecule has 1 N–H and O–H groups in total. The van der Waals surface area contributed by atoms with Crippen LogP contribution in [0.4, 0.5) is 0 Å². The minimum Gasteiger partial charge on any atom is -0.393 e. The maximum Gasteiger partial charge on any atom is 0.0568 e. The van der Waals surface area contributed by atoms with Gasteiger partial charge in [0.25, 0.3) is 0 Å². The lowest BCUT2D eigenvalue weighted by molar-refractivity contribution is 0.106. The minimum atomic E-state index is -0.173. The molecule has 0 aromatic rings.